The first-order chi connectivity index (χ1) is 14.1. The standard InChI is InChI=1S/C20H26N4O4S/c1-23-20(26)19-15(14-22-23)24(11-5-13-29-19)18(25)8-9-21-10-12-28-17-7-4-3-6-16(17)27-2/h3-4,6-7,14,21H,5,8-13H2,1-2H3. The first-order valence-corrected chi connectivity index (χ1v) is 10.6. The minimum atomic E-state index is -0.154. The van der Waals surface area contributed by atoms with E-state index in [1.165, 1.54) is 16.4 Å². The SMILES string of the molecule is COc1ccccc1OCCNCCC(=O)N1CCCSc2c1cnn(C)c2=O. The first kappa shape index (κ1) is 21.2. The maximum Gasteiger partial charge on any atom is 0.282 e. The monoisotopic (exact) mass is 418 g/mol. The molecule has 9 heteroatoms. The Balaban J connectivity index is 1.48. The van der Waals surface area contributed by atoms with E-state index in [1.807, 2.05) is 24.3 Å². The minimum absolute atomic E-state index is 0.0121. The molecule has 0 spiro atoms. The molecule has 2 heterocycles. The molecule has 2 aromatic rings. The number of aromatic nitrogens is 2. The lowest BCUT2D eigenvalue weighted by molar-refractivity contribution is -0.118. The molecule has 0 atom stereocenters. The summed E-state index contributed by atoms with van der Waals surface area (Å²) in [7, 11) is 3.23. The van der Waals surface area contributed by atoms with E-state index in [9.17, 15) is 9.59 Å². The third kappa shape index (κ3) is 5.30. The van der Waals surface area contributed by atoms with Crippen molar-refractivity contribution in [2.24, 2.45) is 7.05 Å². The summed E-state index contributed by atoms with van der Waals surface area (Å²) in [5.74, 6) is 2.19. The molecule has 8 nitrogen and oxygen atoms in total. The van der Waals surface area contributed by atoms with Crippen molar-refractivity contribution in [3.8, 4) is 11.5 Å². The normalized spacial score (nSPS) is 13.5. The van der Waals surface area contributed by atoms with Gasteiger partial charge in [-0.05, 0) is 24.3 Å². The lowest BCUT2D eigenvalue weighted by Gasteiger charge is -2.22. The molecule has 1 N–H and O–H groups in total. The van der Waals surface area contributed by atoms with Gasteiger partial charge in [0.1, 0.15) is 6.61 Å². The van der Waals surface area contributed by atoms with E-state index in [1.54, 1.807) is 25.3 Å². The fourth-order valence-corrected chi connectivity index (χ4v) is 4.08. The van der Waals surface area contributed by atoms with Gasteiger partial charge >= 0.3 is 0 Å². The van der Waals surface area contributed by atoms with Gasteiger partial charge in [0.2, 0.25) is 5.91 Å². The molecule has 156 valence electrons. The smallest absolute Gasteiger partial charge is 0.282 e. The summed E-state index contributed by atoms with van der Waals surface area (Å²) >= 11 is 1.50. The summed E-state index contributed by atoms with van der Waals surface area (Å²) in [5.41, 5.74) is 0.471. The summed E-state index contributed by atoms with van der Waals surface area (Å²) < 4.78 is 12.3. The highest BCUT2D eigenvalue weighted by atomic mass is 32.2. The van der Waals surface area contributed by atoms with Crippen LogP contribution >= 0.6 is 11.8 Å². The highest BCUT2D eigenvalue weighted by Crippen LogP contribution is 2.30. The fraction of sp³-hybridized carbons (Fsp3) is 0.450. The molecule has 29 heavy (non-hydrogen) atoms. The predicted molar refractivity (Wildman–Crippen MR) is 113 cm³/mol. The highest BCUT2D eigenvalue weighted by molar-refractivity contribution is 7.99. The number of ether oxygens (including phenoxy) is 2. The van der Waals surface area contributed by atoms with Crippen LogP contribution in [-0.2, 0) is 11.8 Å². The van der Waals surface area contributed by atoms with Crippen LogP contribution in [0.3, 0.4) is 0 Å². The summed E-state index contributed by atoms with van der Waals surface area (Å²) in [6.07, 6.45) is 2.80. The third-order valence-electron chi connectivity index (χ3n) is 4.56. The van der Waals surface area contributed by atoms with Crippen molar-refractivity contribution >= 4 is 23.4 Å². The summed E-state index contributed by atoms with van der Waals surface area (Å²) in [6, 6.07) is 7.49. The van der Waals surface area contributed by atoms with Gasteiger partial charge in [-0.2, -0.15) is 5.10 Å². The summed E-state index contributed by atoms with van der Waals surface area (Å²) in [4.78, 5) is 27.4. The molecule has 1 aromatic heterocycles. The molecule has 1 amide bonds. The van der Waals surface area contributed by atoms with Crippen LogP contribution in [-0.4, -0.2) is 54.8 Å². The Morgan fingerprint density at radius 1 is 1.28 bits per heavy atom. The van der Waals surface area contributed by atoms with Crippen LogP contribution in [0, 0.1) is 0 Å². The van der Waals surface area contributed by atoms with E-state index in [-0.39, 0.29) is 11.5 Å². The zero-order valence-corrected chi connectivity index (χ0v) is 17.5. The number of anilines is 1. The molecule has 1 aliphatic rings. The molecule has 0 fully saturated rings. The van der Waals surface area contributed by atoms with Crippen LogP contribution < -0.4 is 25.2 Å². The quantitative estimate of drug-likeness (QED) is 0.653. The number of thioether (sulfide) groups is 1. The van der Waals surface area contributed by atoms with Crippen LogP contribution in [0.1, 0.15) is 12.8 Å². The van der Waals surface area contributed by atoms with E-state index in [0.717, 1.165) is 12.2 Å². The number of methoxy groups -OCH3 is 1. The van der Waals surface area contributed by atoms with Crippen LogP contribution in [0.5, 0.6) is 11.5 Å². The number of fused-ring (bicyclic) bond motifs is 1. The van der Waals surface area contributed by atoms with Gasteiger partial charge in [-0.3, -0.25) is 9.59 Å². The zero-order valence-electron chi connectivity index (χ0n) is 16.7. The summed E-state index contributed by atoms with van der Waals surface area (Å²) in [6.45, 7) is 2.22. The van der Waals surface area contributed by atoms with Gasteiger partial charge in [-0.25, -0.2) is 4.68 Å². The molecule has 1 aliphatic heterocycles. The second-order valence-electron chi connectivity index (χ2n) is 6.53. The molecule has 1 aromatic carbocycles. The first-order valence-electron chi connectivity index (χ1n) is 9.58. The second kappa shape index (κ2) is 10.3. The van der Waals surface area contributed by atoms with E-state index in [4.69, 9.17) is 9.47 Å². The molecule has 0 aliphatic carbocycles. The van der Waals surface area contributed by atoms with Crippen LogP contribution in [0.4, 0.5) is 5.69 Å². The third-order valence-corrected chi connectivity index (χ3v) is 5.72. The number of benzene rings is 1. The van der Waals surface area contributed by atoms with Crippen molar-refractivity contribution < 1.29 is 14.3 Å². The van der Waals surface area contributed by atoms with E-state index < -0.39 is 0 Å². The molecule has 0 bridgehead atoms. The van der Waals surface area contributed by atoms with Crippen molar-refractivity contribution in [3.63, 3.8) is 0 Å². The number of carbonyl (C=O) groups is 1. The Morgan fingerprint density at radius 3 is 2.86 bits per heavy atom. The number of aryl methyl sites for hydroxylation is 1. The lowest BCUT2D eigenvalue weighted by atomic mass is 10.3. The number of amides is 1. The van der Waals surface area contributed by atoms with Crippen molar-refractivity contribution in [1.82, 2.24) is 15.1 Å². The average molecular weight is 419 g/mol. The maximum absolute atomic E-state index is 12.7. The van der Waals surface area contributed by atoms with Gasteiger partial charge in [0.05, 0.1) is 23.9 Å². The average Bonchev–Trinajstić information content (AvgIpc) is 2.96. The molecular weight excluding hydrogens is 392 g/mol. The Bertz CT molecular complexity index is 902. The lowest BCUT2D eigenvalue weighted by Crippen LogP contribution is -2.36. The summed E-state index contributed by atoms with van der Waals surface area (Å²) in [5, 5.41) is 7.31. The number of nitrogens with zero attached hydrogens (tertiary/aromatic N) is 3. The van der Waals surface area contributed by atoms with Gasteiger partial charge in [0.15, 0.2) is 11.5 Å². The number of hydrogen-bond acceptors (Lipinski definition) is 7. The van der Waals surface area contributed by atoms with Gasteiger partial charge in [-0.15, -0.1) is 11.8 Å². The van der Waals surface area contributed by atoms with Gasteiger partial charge in [0, 0.05) is 33.1 Å². The van der Waals surface area contributed by atoms with Crippen LogP contribution in [0.25, 0.3) is 0 Å². The van der Waals surface area contributed by atoms with E-state index in [2.05, 4.69) is 10.4 Å². The number of carbonyl (C=O) groups excluding carboxylic acids is 1. The number of para-hydroxylation sites is 2. The van der Waals surface area contributed by atoms with Crippen LogP contribution in [0.2, 0.25) is 0 Å². The van der Waals surface area contributed by atoms with Crippen molar-refractivity contribution in [2.45, 2.75) is 17.7 Å². The second-order valence-corrected chi connectivity index (χ2v) is 7.64. The van der Waals surface area contributed by atoms with Gasteiger partial charge < -0.3 is 19.7 Å². The molecule has 3 rings (SSSR count). The zero-order chi connectivity index (χ0) is 20.6. The van der Waals surface area contributed by atoms with Crippen molar-refractivity contribution in [3.05, 3.63) is 40.8 Å². The van der Waals surface area contributed by atoms with Gasteiger partial charge in [0.25, 0.3) is 5.56 Å². The Morgan fingerprint density at radius 2 is 2.07 bits per heavy atom. The Hall–Kier alpha value is -2.52. The van der Waals surface area contributed by atoms with E-state index in [0.29, 0.717) is 54.7 Å². The van der Waals surface area contributed by atoms with E-state index >= 15 is 0 Å². The number of nitrogens with one attached hydrogen (secondary N) is 1. The van der Waals surface area contributed by atoms with Crippen molar-refractivity contribution in [2.75, 3.05) is 44.0 Å². The number of hydrogen-bond donors (Lipinski definition) is 1. The molecule has 0 saturated carbocycles. The topological polar surface area (TPSA) is 85.7 Å². The predicted octanol–water partition coefficient (Wildman–Crippen LogP) is 1.68. The number of rotatable bonds is 8. The molecule has 0 saturated heterocycles. The largest absolute Gasteiger partial charge is 0.493 e. The Kier molecular flexibility index (Phi) is 7.54. The highest BCUT2D eigenvalue weighted by Gasteiger charge is 2.24. The molecule has 0 unspecified atom stereocenters. The van der Waals surface area contributed by atoms with Crippen molar-refractivity contribution in [1.29, 1.82) is 0 Å². The maximum atomic E-state index is 12.7. The van der Waals surface area contributed by atoms with Gasteiger partial charge in [-0.1, -0.05) is 12.1 Å². The minimum Gasteiger partial charge on any atom is -0.493 e. The van der Waals surface area contributed by atoms with Crippen LogP contribution in [0.15, 0.2) is 40.2 Å². The fourth-order valence-electron chi connectivity index (χ4n) is 3.04. The molecular formula is C20H26N4O4S. The molecule has 0 radical (unpaired) electrons. The Labute approximate surface area is 174 Å².